The molecule has 0 aliphatic carbocycles. The SMILES string of the molecule is CC(=O)NC1CCN(CC(CBr)c2ccccc2)CC1. The molecule has 0 radical (unpaired) electrons. The van der Waals surface area contributed by atoms with Gasteiger partial charge in [0.05, 0.1) is 0 Å². The average Bonchev–Trinajstić information content (AvgIpc) is 2.47. The number of alkyl halides is 1. The van der Waals surface area contributed by atoms with E-state index in [1.165, 1.54) is 5.56 Å². The van der Waals surface area contributed by atoms with Gasteiger partial charge in [-0.05, 0) is 18.4 Å². The molecule has 1 saturated heterocycles. The molecule has 0 aromatic heterocycles. The molecule has 1 fully saturated rings. The second-order valence-corrected chi connectivity index (χ2v) is 6.18. The van der Waals surface area contributed by atoms with Gasteiger partial charge in [-0.1, -0.05) is 46.3 Å². The maximum atomic E-state index is 11.1. The highest BCUT2D eigenvalue weighted by Gasteiger charge is 2.22. The van der Waals surface area contributed by atoms with Crippen molar-refractivity contribution in [1.82, 2.24) is 10.2 Å². The summed E-state index contributed by atoms with van der Waals surface area (Å²) >= 11 is 3.64. The summed E-state index contributed by atoms with van der Waals surface area (Å²) in [7, 11) is 0. The van der Waals surface area contributed by atoms with Crippen LogP contribution < -0.4 is 5.32 Å². The van der Waals surface area contributed by atoms with Crippen LogP contribution in [-0.2, 0) is 4.79 Å². The fraction of sp³-hybridized carbons (Fsp3) is 0.562. The Balaban J connectivity index is 1.83. The quantitative estimate of drug-likeness (QED) is 0.837. The number of nitrogens with one attached hydrogen (secondary N) is 1. The van der Waals surface area contributed by atoms with Gasteiger partial charge in [0, 0.05) is 43.8 Å². The monoisotopic (exact) mass is 338 g/mol. The summed E-state index contributed by atoms with van der Waals surface area (Å²) in [5.41, 5.74) is 1.40. The van der Waals surface area contributed by atoms with Gasteiger partial charge in [0.2, 0.25) is 5.91 Å². The molecular weight excluding hydrogens is 316 g/mol. The van der Waals surface area contributed by atoms with Gasteiger partial charge in [-0.25, -0.2) is 0 Å². The van der Waals surface area contributed by atoms with Gasteiger partial charge in [0.15, 0.2) is 0 Å². The molecule has 3 nitrogen and oxygen atoms in total. The molecule has 0 bridgehead atoms. The predicted molar refractivity (Wildman–Crippen MR) is 86.3 cm³/mol. The Bertz CT molecular complexity index is 416. The summed E-state index contributed by atoms with van der Waals surface area (Å²) in [5.74, 6) is 0.625. The lowest BCUT2D eigenvalue weighted by molar-refractivity contribution is -0.119. The summed E-state index contributed by atoms with van der Waals surface area (Å²) in [6.45, 7) is 4.83. The van der Waals surface area contributed by atoms with Crippen molar-refractivity contribution < 1.29 is 4.79 Å². The Labute approximate surface area is 129 Å². The maximum Gasteiger partial charge on any atom is 0.217 e. The number of piperidine rings is 1. The van der Waals surface area contributed by atoms with Crippen molar-refractivity contribution in [2.24, 2.45) is 0 Å². The Kier molecular flexibility index (Phi) is 6.05. The third kappa shape index (κ3) is 4.60. The molecule has 1 aromatic carbocycles. The molecule has 1 N–H and O–H groups in total. The predicted octanol–water partition coefficient (Wildman–Crippen LogP) is 2.77. The van der Waals surface area contributed by atoms with Crippen LogP contribution in [0.15, 0.2) is 30.3 Å². The third-order valence-corrected chi connectivity index (χ3v) is 4.71. The summed E-state index contributed by atoms with van der Waals surface area (Å²) in [5, 5.41) is 4.02. The van der Waals surface area contributed by atoms with Crippen molar-refractivity contribution >= 4 is 21.8 Å². The molecular formula is C16H23BrN2O. The molecule has 1 amide bonds. The second-order valence-electron chi connectivity index (χ2n) is 5.54. The topological polar surface area (TPSA) is 32.3 Å². The number of carbonyl (C=O) groups excluding carboxylic acids is 1. The van der Waals surface area contributed by atoms with E-state index < -0.39 is 0 Å². The fourth-order valence-electron chi connectivity index (χ4n) is 2.83. The van der Waals surface area contributed by atoms with Crippen molar-refractivity contribution in [1.29, 1.82) is 0 Å². The Morgan fingerprint density at radius 1 is 1.35 bits per heavy atom. The lowest BCUT2D eigenvalue weighted by Gasteiger charge is -2.34. The number of hydrogen-bond acceptors (Lipinski definition) is 2. The fourth-order valence-corrected chi connectivity index (χ4v) is 3.41. The number of halogens is 1. The first-order valence-electron chi connectivity index (χ1n) is 7.29. The molecule has 1 aliphatic heterocycles. The van der Waals surface area contributed by atoms with E-state index in [2.05, 4.69) is 56.5 Å². The molecule has 0 saturated carbocycles. The zero-order chi connectivity index (χ0) is 14.4. The normalized spacial score (nSPS) is 18.7. The molecule has 1 aromatic rings. The van der Waals surface area contributed by atoms with Crippen LogP contribution in [0.25, 0.3) is 0 Å². The highest BCUT2D eigenvalue weighted by atomic mass is 79.9. The summed E-state index contributed by atoms with van der Waals surface area (Å²) in [4.78, 5) is 13.6. The molecule has 1 atom stereocenters. The van der Waals surface area contributed by atoms with Crippen LogP contribution in [0.5, 0.6) is 0 Å². The van der Waals surface area contributed by atoms with Gasteiger partial charge in [-0.15, -0.1) is 0 Å². The molecule has 20 heavy (non-hydrogen) atoms. The summed E-state index contributed by atoms with van der Waals surface area (Å²) in [6, 6.07) is 11.0. The van der Waals surface area contributed by atoms with E-state index in [9.17, 15) is 4.79 Å². The smallest absolute Gasteiger partial charge is 0.217 e. The van der Waals surface area contributed by atoms with Crippen LogP contribution in [0.4, 0.5) is 0 Å². The van der Waals surface area contributed by atoms with Gasteiger partial charge < -0.3 is 10.2 Å². The lowest BCUT2D eigenvalue weighted by Crippen LogP contribution is -2.45. The van der Waals surface area contributed by atoms with E-state index in [0.29, 0.717) is 12.0 Å². The van der Waals surface area contributed by atoms with E-state index in [1.807, 2.05) is 0 Å². The number of rotatable bonds is 5. The minimum atomic E-state index is 0.0890. The van der Waals surface area contributed by atoms with Crippen molar-refractivity contribution in [3.05, 3.63) is 35.9 Å². The minimum absolute atomic E-state index is 0.0890. The van der Waals surface area contributed by atoms with Gasteiger partial charge in [0.25, 0.3) is 0 Å². The van der Waals surface area contributed by atoms with Gasteiger partial charge >= 0.3 is 0 Å². The molecule has 1 unspecified atom stereocenters. The van der Waals surface area contributed by atoms with E-state index in [0.717, 1.165) is 37.8 Å². The number of amides is 1. The van der Waals surface area contributed by atoms with Gasteiger partial charge in [-0.2, -0.15) is 0 Å². The van der Waals surface area contributed by atoms with Crippen molar-refractivity contribution in [2.45, 2.75) is 31.7 Å². The van der Waals surface area contributed by atoms with E-state index in [-0.39, 0.29) is 5.91 Å². The van der Waals surface area contributed by atoms with Gasteiger partial charge in [-0.3, -0.25) is 4.79 Å². The largest absolute Gasteiger partial charge is 0.354 e. The van der Waals surface area contributed by atoms with E-state index in [1.54, 1.807) is 6.92 Å². The van der Waals surface area contributed by atoms with Crippen molar-refractivity contribution in [2.75, 3.05) is 25.0 Å². The zero-order valence-corrected chi connectivity index (χ0v) is 13.6. The standard InChI is InChI=1S/C16H23BrN2O/c1-13(20)18-16-7-9-19(10-8-16)12-15(11-17)14-5-3-2-4-6-14/h2-6,15-16H,7-12H2,1H3,(H,18,20). The van der Waals surface area contributed by atoms with Crippen molar-refractivity contribution in [3.63, 3.8) is 0 Å². The van der Waals surface area contributed by atoms with E-state index >= 15 is 0 Å². The second kappa shape index (κ2) is 7.79. The third-order valence-electron chi connectivity index (χ3n) is 3.93. The van der Waals surface area contributed by atoms with Crippen molar-refractivity contribution in [3.8, 4) is 0 Å². The molecule has 1 aliphatic rings. The van der Waals surface area contributed by atoms with Crippen LogP contribution in [0, 0.1) is 0 Å². The molecule has 2 rings (SSSR count). The minimum Gasteiger partial charge on any atom is -0.354 e. The molecule has 1 heterocycles. The Morgan fingerprint density at radius 2 is 2.00 bits per heavy atom. The number of nitrogens with zero attached hydrogens (tertiary/aromatic N) is 1. The number of carbonyl (C=O) groups is 1. The Hall–Kier alpha value is -0.870. The van der Waals surface area contributed by atoms with Crippen LogP contribution in [-0.4, -0.2) is 41.8 Å². The molecule has 4 heteroatoms. The molecule has 110 valence electrons. The first-order chi connectivity index (χ1) is 9.69. The molecule has 0 spiro atoms. The number of likely N-dealkylation sites (tertiary alicyclic amines) is 1. The first kappa shape index (κ1) is 15.5. The number of benzene rings is 1. The van der Waals surface area contributed by atoms with E-state index in [4.69, 9.17) is 0 Å². The van der Waals surface area contributed by atoms with Crippen LogP contribution >= 0.6 is 15.9 Å². The summed E-state index contributed by atoms with van der Waals surface area (Å²) < 4.78 is 0. The van der Waals surface area contributed by atoms with Crippen LogP contribution in [0.2, 0.25) is 0 Å². The summed E-state index contributed by atoms with van der Waals surface area (Å²) in [6.07, 6.45) is 2.12. The van der Waals surface area contributed by atoms with Crippen LogP contribution in [0.1, 0.15) is 31.2 Å². The highest BCUT2D eigenvalue weighted by Crippen LogP contribution is 2.21. The zero-order valence-electron chi connectivity index (χ0n) is 12.0. The lowest BCUT2D eigenvalue weighted by atomic mass is 9.98. The first-order valence-corrected chi connectivity index (χ1v) is 8.41. The average molecular weight is 339 g/mol. The Morgan fingerprint density at radius 3 is 2.55 bits per heavy atom. The number of hydrogen-bond donors (Lipinski definition) is 1. The van der Waals surface area contributed by atoms with Crippen LogP contribution in [0.3, 0.4) is 0 Å². The highest BCUT2D eigenvalue weighted by molar-refractivity contribution is 9.09. The maximum absolute atomic E-state index is 11.1. The van der Waals surface area contributed by atoms with Gasteiger partial charge in [0.1, 0.15) is 0 Å².